The van der Waals surface area contributed by atoms with Crippen LogP contribution in [0.1, 0.15) is 39.5 Å². The van der Waals surface area contributed by atoms with E-state index in [0.717, 1.165) is 11.4 Å². The predicted octanol–water partition coefficient (Wildman–Crippen LogP) is 3.83. The Bertz CT molecular complexity index is 304. The average molecular weight is 219 g/mol. The summed E-state index contributed by atoms with van der Waals surface area (Å²) in [5.41, 5.74) is 1.16. The molecule has 0 amide bonds. The first-order valence-corrected chi connectivity index (χ1v) is 6.46. The van der Waals surface area contributed by atoms with Crippen LogP contribution >= 0.6 is 0 Å². The van der Waals surface area contributed by atoms with Crippen LogP contribution in [0.15, 0.2) is 24.3 Å². The van der Waals surface area contributed by atoms with Gasteiger partial charge in [-0.3, -0.25) is 0 Å². The lowest BCUT2D eigenvalue weighted by molar-refractivity contribution is 0.131. The fourth-order valence-corrected chi connectivity index (χ4v) is 2.45. The van der Waals surface area contributed by atoms with Crippen molar-refractivity contribution >= 4 is 5.69 Å². The smallest absolute Gasteiger partial charge is 0.142 e. The fourth-order valence-electron chi connectivity index (χ4n) is 2.45. The van der Waals surface area contributed by atoms with E-state index in [1.807, 2.05) is 26.0 Å². The van der Waals surface area contributed by atoms with Gasteiger partial charge in [-0.15, -0.1) is 0 Å². The predicted molar refractivity (Wildman–Crippen MR) is 68.1 cm³/mol. The number of fused-ring (bicyclic) bond motifs is 2. The van der Waals surface area contributed by atoms with E-state index in [-0.39, 0.29) is 0 Å². The molecule has 2 heteroatoms. The van der Waals surface area contributed by atoms with Crippen LogP contribution in [0.4, 0.5) is 5.69 Å². The standard InChI is InChI=1S/C12H15NO.C2H6/c1-3-7-11-9(5-1)13-10-6-2-4-8-12(10)14-11;1-2/h1,3,5,7,10,12-13H,2,4,6,8H2;1-2H3. The molecule has 0 bridgehead atoms. The van der Waals surface area contributed by atoms with Gasteiger partial charge in [0.1, 0.15) is 11.9 Å². The lowest BCUT2D eigenvalue weighted by Crippen LogP contribution is -2.43. The molecule has 1 aromatic rings. The van der Waals surface area contributed by atoms with E-state index >= 15 is 0 Å². The molecule has 2 atom stereocenters. The van der Waals surface area contributed by atoms with E-state index in [1.54, 1.807) is 0 Å². The van der Waals surface area contributed by atoms with Gasteiger partial charge < -0.3 is 10.1 Å². The minimum absolute atomic E-state index is 0.402. The Kier molecular flexibility index (Phi) is 3.70. The maximum atomic E-state index is 5.97. The summed E-state index contributed by atoms with van der Waals surface area (Å²) in [5.74, 6) is 1.02. The van der Waals surface area contributed by atoms with Crippen LogP contribution in [0, 0.1) is 0 Å². The molecule has 2 nitrogen and oxygen atoms in total. The molecular weight excluding hydrogens is 198 g/mol. The molecule has 0 aromatic heterocycles. The van der Waals surface area contributed by atoms with Gasteiger partial charge in [-0.25, -0.2) is 0 Å². The molecule has 0 radical (unpaired) electrons. The summed E-state index contributed by atoms with van der Waals surface area (Å²) in [6.07, 6.45) is 5.49. The van der Waals surface area contributed by atoms with Crippen LogP contribution in [0.3, 0.4) is 0 Å². The second kappa shape index (κ2) is 5.24. The van der Waals surface area contributed by atoms with Crippen molar-refractivity contribution in [2.45, 2.75) is 51.7 Å². The lowest BCUT2D eigenvalue weighted by atomic mass is 9.91. The Hall–Kier alpha value is -1.18. The van der Waals surface area contributed by atoms with Crippen LogP contribution in [0.25, 0.3) is 0 Å². The number of benzene rings is 1. The monoisotopic (exact) mass is 219 g/mol. The zero-order chi connectivity index (χ0) is 11.4. The highest BCUT2D eigenvalue weighted by atomic mass is 16.5. The summed E-state index contributed by atoms with van der Waals surface area (Å²) in [4.78, 5) is 0. The first-order valence-electron chi connectivity index (χ1n) is 6.46. The number of hydrogen-bond donors (Lipinski definition) is 1. The molecule has 1 aliphatic heterocycles. The van der Waals surface area contributed by atoms with Crippen LogP contribution in [-0.4, -0.2) is 12.1 Å². The molecule has 2 unspecified atom stereocenters. The van der Waals surface area contributed by atoms with Crippen molar-refractivity contribution in [1.29, 1.82) is 0 Å². The largest absolute Gasteiger partial charge is 0.486 e. The lowest BCUT2D eigenvalue weighted by Gasteiger charge is -2.38. The van der Waals surface area contributed by atoms with Gasteiger partial charge in [-0.1, -0.05) is 32.4 Å². The first kappa shape index (κ1) is 11.3. The topological polar surface area (TPSA) is 21.3 Å². The molecule has 1 heterocycles. The summed E-state index contributed by atoms with van der Waals surface area (Å²) in [6.45, 7) is 4.00. The van der Waals surface area contributed by atoms with Gasteiger partial charge >= 0.3 is 0 Å². The fraction of sp³-hybridized carbons (Fsp3) is 0.571. The third kappa shape index (κ3) is 2.16. The van der Waals surface area contributed by atoms with E-state index in [2.05, 4.69) is 17.4 Å². The maximum Gasteiger partial charge on any atom is 0.142 e. The van der Waals surface area contributed by atoms with Crippen molar-refractivity contribution in [3.63, 3.8) is 0 Å². The van der Waals surface area contributed by atoms with Crippen LogP contribution in [-0.2, 0) is 0 Å². The van der Waals surface area contributed by atoms with Crippen molar-refractivity contribution in [1.82, 2.24) is 0 Å². The molecule has 0 spiro atoms. The van der Waals surface area contributed by atoms with Gasteiger partial charge in [-0.05, 0) is 31.4 Å². The quantitative estimate of drug-likeness (QED) is 0.716. The van der Waals surface area contributed by atoms with Crippen molar-refractivity contribution in [2.75, 3.05) is 5.32 Å². The van der Waals surface area contributed by atoms with Crippen molar-refractivity contribution in [3.05, 3.63) is 24.3 Å². The molecule has 2 aliphatic rings. The normalized spacial score (nSPS) is 26.1. The molecule has 16 heavy (non-hydrogen) atoms. The molecule has 1 aromatic carbocycles. The molecule has 0 saturated heterocycles. The SMILES string of the molecule is CC.c1ccc2c(c1)NC1CCCCC1O2. The third-order valence-corrected chi connectivity index (χ3v) is 3.21. The third-order valence-electron chi connectivity index (χ3n) is 3.21. The number of anilines is 1. The minimum Gasteiger partial charge on any atom is -0.486 e. The number of hydrogen-bond acceptors (Lipinski definition) is 2. The maximum absolute atomic E-state index is 5.97. The van der Waals surface area contributed by atoms with Crippen molar-refractivity contribution in [2.24, 2.45) is 0 Å². The van der Waals surface area contributed by atoms with Crippen LogP contribution in [0.5, 0.6) is 5.75 Å². The Morgan fingerprint density at radius 3 is 2.75 bits per heavy atom. The van der Waals surface area contributed by atoms with Gasteiger partial charge in [0.25, 0.3) is 0 Å². The number of para-hydroxylation sites is 2. The van der Waals surface area contributed by atoms with Crippen LogP contribution in [0.2, 0.25) is 0 Å². The Morgan fingerprint density at radius 1 is 1.12 bits per heavy atom. The Labute approximate surface area is 98.0 Å². The summed E-state index contributed by atoms with van der Waals surface area (Å²) in [7, 11) is 0. The van der Waals surface area contributed by atoms with E-state index in [9.17, 15) is 0 Å². The average Bonchev–Trinajstić information content (AvgIpc) is 2.38. The molecule has 1 fully saturated rings. The Morgan fingerprint density at radius 2 is 1.88 bits per heavy atom. The highest BCUT2D eigenvalue weighted by molar-refractivity contribution is 5.58. The van der Waals surface area contributed by atoms with E-state index in [0.29, 0.717) is 12.1 Å². The molecule has 88 valence electrons. The first-order chi connectivity index (χ1) is 7.93. The number of ether oxygens (including phenoxy) is 1. The van der Waals surface area contributed by atoms with Crippen molar-refractivity contribution < 1.29 is 4.74 Å². The summed E-state index contributed by atoms with van der Waals surface area (Å²) >= 11 is 0. The van der Waals surface area contributed by atoms with Gasteiger partial charge in [-0.2, -0.15) is 0 Å². The second-order valence-corrected chi connectivity index (χ2v) is 4.19. The van der Waals surface area contributed by atoms with Crippen LogP contribution < -0.4 is 10.1 Å². The van der Waals surface area contributed by atoms with Gasteiger partial charge in [0.15, 0.2) is 0 Å². The molecule has 1 saturated carbocycles. The highest BCUT2D eigenvalue weighted by Crippen LogP contribution is 2.35. The van der Waals surface area contributed by atoms with Gasteiger partial charge in [0, 0.05) is 0 Å². The van der Waals surface area contributed by atoms with Gasteiger partial charge in [0.05, 0.1) is 11.7 Å². The number of nitrogens with one attached hydrogen (secondary N) is 1. The summed E-state index contributed by atoms with van der Waals surface area (Å²) in [6, 6.07) is 8.77. The van der Waals surface area contributed by atoms with E-state index < -0.39 is 0 Å². The summed E-state index contributed by atoms with van der Waals surface area (Å²) in [5, 5.41) is 3.57. The van der Waals surface area contributed by atoms with Gasteiger partial charge in [0.2, 0.25) is 0 Å². The molecule has 1 aliphatic carbocycles. The zero-order valence-electron chi connectivity index (χ0n) is 10.2. The zero-order valence-corrected chi connectivity index (χ0v) is 10.2. The van der Waals surface area contributed by atoms with E-state index in [4.69, 9.17) is 4.74 Å². The van der Waals surface area contributed by atoms with Crippen molar-refractivity contribution in [3.8, 4) is 5.75 Å². The number of rotatable bonds is 0. The van der Waals surface area contributed by atoms with E-state index in [1.165, 1.54) is 25.7 Å². The molecule has 3 rings (SSSR count). The second-order valence-electron chi connectivity index (χ2n) is 4.19. The molecular formula is C14H21NO. The minimum atomic E-state index is 0.402. The highest BCUT2D eigenvalue weighted by Gasteiger charge is 2.31. The summed E-state index contributed by atoms with van der Waals surface area (Å²) < 4.78 is 5.97. The Balaban J connectivity index is 0.000000457. The molecule has 1 N–H and O–H groups in total.